The molecule has 0 spiro atoms. The van der Waals surface area contributed by atoms with Crippen molar-refractivity contribution in [2.24, 2.45) is 4.99 Å². The molecule has 0 amide bonds. The molecular weight excluding hydrogens is 439 g/mol. The Labute approximate surface area is 166 Å². The molecule has 0 atom stereocenters. The van der Waals surface area contributed by atoms with E-state index in [0.717, 1.165) is 63.1 Å². The number of methoxy groups -OCH3 is 1. The lowest BCUT2D eigenvalue weighted by Gasteiger charge is -2.34. The van der Waals surface area contributed by atoms with Gasteiger partial charge in [0, 0.05) is 51.5 Å². The Kier molecular flexibility index (Phi) is 10.8. The average molecular weight is 468 g/mol. The van der Waals surface area contributed by atoms with Gasteiger partial charge in [-0.05, 0) is 26.2 Å². The number of likely N-dealkylation sites (tertiary alicyclic amines) is 1. The van der Waals surface area contributed by atoms with Gasteiger partial charge < -0.3 is 19.7 Å². The number of guanidine groups is 1. The van der Waals surface area contributed by atoms with Crippen molar-refractivity contribution in [2.45, 2.75) is 38.8 Å². The topological polar surface area (TPSA) is 59.0 Å². The highest BCUT2D eigenvalue weighted by atomic mass is 127. The molecule has 138 valence electrons. The quantitative estimate of drug-likeness (QED) is 0.289. The molecule has 0 saturated carbocycles. The van der Waals surface area contributed by atoms with E-state index >= 15 is 0 Å². The zero-order valence-electron chi connectivity index (χ0n) is 14.8. The summed E-state index contributed by atoms with van der Waals surface area (Å²) in [6, 6.07) is 0. The molecule has 1 saturated heterocycles. The second kappa shape index (κ2) is 12.0. The summed E-state index contributed by atoms with van der Waals surface area (Å²) in [5.41, 5.74) is 0. The number of ether oxygens (including phenoxy) is 2. The van der Waals surface area contributed by atoms with Crippen LogP contribution in [-0.2, 0) is 16.0 Å². The van der Waals surface area contributed by atoms with E-state index in [1.807, 2.05) is 20.2 Å². The highest BCUT2D eigenvalue weighted by molar-refractivity contribution is 14.0. The van der Waals surface area contributed by atoms with Gasteiger partial charge in [-0.2, -0.15) is 0 Å². The Morgan fingerprint density at radius 2 is 2.17 bits per heavy atom. The van der Waals surface area contributed by atoms with Crippen LogP contribution < -0.4 is 5.32 Å². The molecule has 1 N–H and O–H groups in total. The molecule has 1 aliphatic rings. The summed E-state index contributed by atoms with van der Waals surface area (Å²) in [4.78, 5) is 12.2. The lowest BCUT2D eigenvalue weighted by Crippen LogP contribution is -2.46. The van der Waals surface area contributed by atoms with Crippen LogP contribution >= 0.6 is 35.3 Å². The van der Waals surface area contributed by atoms with E-state index in [9.17, 15) is 0 Å². The lowest BCUT2D eigenvalue weighted by molar-refractivity contribution is 0.00990. The molecular formula is C16H29IN4O2S. The Morgan fingerprint density at radius 3 is 2.75 bits per heavy atom. The molecule has 8 heteroatoms. The first-order valence-corrected chi connectivity index (χ1v) is 9.02. The van der Waals surface area contributed by atoms with Gasteiger partial charge in [0.15, 0.2) is 5.96 Å². The molecule has 0 aromatic carbocycles. The molecule has 0 unspecified atom stereocenters. The van der Waals surface area contributed by atoms with Crippen molar-refractivity contribution in [3.8, 4) is 0 Å². The van der Waals surface area contributed by atoms with Gasteiger partial charge in [0.1, 0.15) is 0 Å². The molecule has 0 radical (unpaired) electrons. The van der Waals surface area contributed by atoms with Gasteiger partial charge in [0.2, 0.25) is 0 Å². The molecule has 0 aliphatic carbocycles. The maximum absolute atomic E-state index is 5.91. The number of hydrogen-bond acceptors (Lipinski definition) is 5. The van der Waals surface area contributed by atoms with E-state index < -0.39 is 0 Å². The van der Waals surface area contributed by atoms with Gasteiger partial charge in [-0.3, -0.25) is 4.99 Å². The van der Waals surface area contributed by atoms with Crippen molar-refractivity contribution in [3.63, 3.8) is 0 Å². The predicted molar refractivity (Wildman–Crippen MR) is 110 cm³/mol. The Hall–Kier alpha value is -0.450. The zero-order valence-corrected chi connectivity index (χ0v) is 17.9. The highest BCUT2D eigenvalue weighted by Crippen LogP contribution is 2.15. The van der Waals surface area contributed by atoms with Crippen LogP contribution in [0.15, 0.2) is 11.2 Å². The number of rotatable bonds is 7. The summed E-state index contributed by atoms with van der Waals surface area (Å²) >= 11 is 1.72. The third kappa shape index (κ3) is 7.20. The maximum Gasteiger partial charge on any atom is 0.193 e. The van der Waals surface area contributed by atoms with Crippen molar-refractivity contribution in [3.05, 3.63) is 16.1 Å². The van der Waals surface area contributed by atoms with Gasteiger partial charge in [-0.25, -0.2) is 4.98 Å². The minimum Gasteiger partial charge on any atom is -0.385 e. The standard InChI is InChI=1S/C16H28N4O2S.HI/c1-13-18-11-15(23-13)12-19-16(17-2)20-7-5-14(6-8-20)22-10-4-9-21-3;/h11,14H,4-10,12H2,1-3H3,(H,17,19);1H. The number of halogens is 1. The van der Waals surface area contributed by atoms with Crippen LogP contribution in [-0.4, -0.2) is 62.4 Å². The summed E-state index contributed by atoms with van der Waals surface area (Å²) in [6.45, 7) is 6.33. The summed E-state index contributed by atoms with van der Waals surface area (Å²) in [7, 11) is 3.57. The fourth-order valence-corrected chi connectivity index (χ4v) is 3.41. The van der Waals surface area contributed by atoms with E-state index in [1.54, 1.807) is 18.4 Å². The minimum atomic E-state index is 0. The fraction of sp³-hybridized carbons (Fsp3) is 0.750. The highest BCUT2D eigenvalue weighted by Gasteiger charge is 2.21. The first-order valence-electron chi connectivity index (χ1n) is 8.20. The Morgan fingerprint density at radius 1 is 1.42 bits per heavy atom. The Bertz CT molecular complexity index is 490. The van der Waals surface area contributed by atoms with E-state index in [0.29, 0.717) is 6.10 Å². The number of nitrogens with one attached hydrogen (secondary N) is 1. The van der Waals surface area contributed by atoms with Crippen molar-refractivity contribution in [1.82, 2.24) is 15.2 Å². The lowest BCUT2D eigenvalue weighted by atomic mass is 10.1. The van der Waals surface area contributed by atoms with E-state index in [1.165, 1.54) is 4.88 Å². The molecule has 1 aromatic heterocycles. The number of aliphatic imine (C=N–C) groups is 1. The van der Waals surface area contributed by atoms with Gasteiger partial charge in [0.05, 0.1) is 17.7 Å². The molecule has 1 aliphatic heterocycles. The van der Waals surface area contributed by atoms with Crippen molar-refractivity contribution in [1.29, 1.82) is 0 Å². The summed E-state index contributed by atoms with van der Waals surface area (Å²) < 4.78 is 10.9. The van der Waals surface area contributed by atoms with E-state index in [2.05, 4.69) is 20.2 Å². The molecule has 24 heavy (non-hydrogen) atoms. The molecule has 2 heterocycles. The van der Waals surface area contributed by atoms with Crippen LogP contribution in [0.1, 0.15) is 29.1 Å². The van der Waals surface area contributed by atoms with Gasteiger partial charge in [-0.15, -0.1) is 35.3 Å². The summed E-state index contributed by atoms with van der Waals surface area (Å²) in [6.07, 6.45) is 5.36. The van der Waals surface area contributed by atoms with Crippen molar-refractivity contribution >= 4 is 41.3 Å². The number of aryl methyl sites for hydroxylation is 1. The number of nitrogens with zero attached hydrogens (tertiary/aromatic N) is 3. The van der Waals surface area contributed by atoms with E-state index in [4.69, 9.17) is 9.47 Å². The van der Waals surface area contributed by atoms with Crippen LogP contribution in [0.3, 0.4) is 0 Å². The number of hydrogen-bond donors (Lipinski definition) is 1. The summed E-state index contributed by atoms with van der Waals surface area (Å²) in [5.74, 6) is 0.967. The molecule has 1 aromatic rings. The zero-order chi connectivity index (χ0) is 16.5. The van der Waals surface area contributed by atoms with Crippen LogP contribution in [0.25, 0.3) is 0 Å². The second-order valence-electron chi connectivity index (χ2n) is 5.65. The van der Waals surface area contributed by atoms with Crippen LogP contribution in [0, 0.1) is 6.92 Å². The molecule has 2 rings (SSSR count). The third-order valence-electron chi connectivity index (χ3n) is 3.89. The second-order valence-corrected chi connectivity index (χ2v) is 6.97. The maximum atomic E-state index is 5.91. The van der Waals surface area contributed by atoms with Crippen LogP contribution in [0.5, 0.6) is 0 Å². The van der Waals surface area contributed by atoms with E-state index in [-0.39, 0.29) is 24.0 Å². The number of piperidine rings is 1. The van der Waals surface area contributed by atoms with Crippen molar-refractivity contribution < 1.29 is 9.47 Å². The minimum absolute atomic E-state index is 0. The smallest absolute Gasteiger partial charge is 0.193 e. The van der Waals surface area contributed by atoms with Crippen LogP contribution in [0.4, 0.5) is 0 Å². The Balaban J connectivity index is 0.00000288. The predicted octanol–water partition coefficient (Wildman–Crippen LogP) is 2.66. The first kappa shape index (κ1) is 21.6. The van der Waals surface area contributed by atoms with Gasteiger partial charge in [0.25, 0.3) is 0 Å². The van der Waals surface area contributed by atoms with Crippen molar-refractivity contribution in [2.75, 3.05) is 40.5 Å². The first-order chi connectivity index (χ1) is 11.2. The van der Waals surface area contributed by atoms with Gasteiger partial charge in [-0.1, -0.05) is 0 Å². The molecule has 0 bridgehead atoms. The normalized spacial score (nSPS) is 16.1. The SMILES string of the molecule is CN=C(NCc1cnc(C)s1)N1CCC(OCCCOC)CC1.I. The fourth-order valence-electron chi connectivity index (χ4n) is 2.67. The molecule has 6 nitrogen and oxygen atoms in total. The number of thiazole rings is 1. The van der Waals surface area contributed by atoms with Crippen LogP contribution in [0.2, 0.25) is 0 Å². The largest absolute Gasteiger partial charge is 0.385 e. The number of aromatic nitrogens is 1. The third-order valence-corrected chi connectivity index (χ3v) is 4.80. The average Bonchev–Trinajstić information content (AvgIpc) is 2.99. The summed E-state index contributed by atoms with van der Waals surface area (Å²) in [5, 5.41) is 4.53. The monoisotopic (exact) mass is 468 g/mol. The molecule has 1 fully saturated rings. The van der Waals surface area contributed by atoms with Gasteiger partial charge >= 0.3 is 0 Å².